The summed E-state index contributed by atoms with van der Waals surface area (Å²) in [6, 6.07) is 24.8. The van der Waals surface area contributed by atoms with Crippen molar-refractivity contribution in [3.8, 4) is 5.75 Å². The van der Waals surface area contributed by atoms with E-state index in [1.807, 2.05) is 78.9 Å². The first-order valence-corrected chi connectivity index (χ1v) is 9.92. The van der Waals surface area contributed by atoms with Crippen LogP contribution in [0.2, 0.25) is 0 Å². The Morgan fingerprint density at radius 1 is 0.967 bits per heavy atom. The van der Waals surface area contributed by atoms with E-state index in [-0.39, 0.29) is 6.03 Å². The van der Waals surface area contributed by atoms with Crippen molar-refractivity contribution in [2.75, 3.05) is 27.7 Å². The van der Waals surface area contributed by atoms with E-state index in [9.17, 15) is 9.90 Å². The largest absolute Gasteiger partial charge is 0.497 e. The predicted octanol–water partition coefficient (Wildman–Crippen LogP) is 3.79. The van der Waals surface area contributed by atoms with Crippen molar-refractivity contribution in [1.29, 1.82) is 0 Å². The van der Waals surface area contributed by atoms with Crippen LogP contribution in [-0.4, -0.2) is 43.8 Å². The molecular weight excluding hydrogens is 376 g/mol. The molecule has 5 nitrogen and oxygen atoms in total. The molecule has 2 N–H and O–H groups in total. The zero-order valence-electron chi connectivity index (χ0n) is 17.6. The molecule has 3 aromatic carbocycles. The summed E-state index contributed by atoms with van der Waals surface area (Å²) in [5.41, 5.74) is 1.84. The first-order valence-electron chi connectivity index (χ1n) is 9.92. The molecule has 0 aliphatic rings. The Balaban J connectivity index is 2.09. The number of nitrogens with one attached hydrogen (secondary N) is 1. The number of carbonyl (C=O) groups is 1. The smallest absolute Gasteiger partial charge is 0.316 e. The van der Waals surface area contributed by atoms with E-state index in [0.29, 0.717) is 18.7 Å². The molecule has 0 heterocycles. The maximum atomic E-state index is 12.2. The van der Waals surface area contributed by atoms with Crippen LogP contribution in [0, 0.1) is 0 Å². The van der Waals surface area contributed by atoms with Crippen molar-refractivity contribution in [3.63, 3.8) is 0 Å². The maximum absolute atomic E-state index is 12.2. The molecule has 0 atom stereocenters. The molecule has 0 radical (unpaired) electrons. The fraction of sp³-hybridized carbons (Fsp3) is 0.240. The topological polar surface area (TPSA) is 61.8 Å². The fourth-order valence-corrected chi connectivity index (χ4v) is 3.54. The SMILES string of the molecule is COc1ccc(CCNC(=O)N(C)C)c(C(O)(c2ccccc2)c2ccccc2)c1. The highest BCUT2D eigenvalue weighted by Crippen LogP contribution is 2.39. The third kappa shape index (κ3) is 4.47. The molecule has 0 aromatic heterocycles. The summed E-state index contributed by atoms with van der Waals surface area (Å²) in [6.07, 6.45) is 0.570. The lowest BCUT2D eigenvalue weighted by Gasteiger charge is -2.32. The predicted molar refractivity (Wildman–Crippen MR) is 119 cm³/mol. The highest BCUT2D eigenvalue weighted by atomic mass is 16.5. The van der Waals surface area contributed by atoms with E-state index >= 15 is 0 Å². The van der Waals surface area contributed by atoms with Gasteiger partial charge in [0.1, 0.15) is 11.4 Å². The Bertz CT molecular complexity index is 933. The van der Waals surface area contributed by atoms with Gasteiger partial charge in [-0.2, -0.15) is 0 Å². The van der Waals surface area contributed by atoms with Crippen molar-refractivity contribution < 1.29 is 14.6 Å². The van der Waals surface area contributed by atoms with Crippen molar-refractivity contribution in [1.82, 2.24) is 10.2 Å². The van der Waals surface area contributed by atoms with E-state index in [2.05, 4.69) is 5.32 Å². The number of hydrogen-bond acceptors (Lipinski definition) is 3. The standard InChI is InChI=1S/C25H28N2O3/c1-27(2)24(28)26-17-16-19-14-15-22(30-3)18-23(19)25(29,20-10-6-4-7-11-20)21-12-8-5-9-13-21/h4-15,18,29H,16-17H2,1-3H3,(H,26,28). The van der Waals surface area contributed by atoms with Gasteiger partial charge in [-0.15, -0.1) is 0 Å². The van der Waals surface area contributed by atoms with Gasteiger partial charge in [0.15, 0.2) is 0 Å². The Labute approximate surface area is 177 Å². The molecular formula is C25H28N2O3. The van der Waals surface area contributed by atoms with E-state index in [0.717, 1.165) is 22.3 Å². The number of benzene rings is 3. The summed E-state index contributed by atoms with van der Waals surface area (Å²) in [5.74, 6) is 0.663. The molecule has 0 bridgehead atoms. The quantitative estimate of drug-likeness (QED) is 0.589. The molecule has 30 heavy (non-hydrogen) atoms. The van der Waals surface area contributed by atoms with Crippen LogP contribution in [-0.2, 0) is 12.0 Å². The molecule has 0 saturated heterocycles. The minimum Gasteiger partial charge on any atom is -0.497 e. The molecule has 3 aromatic rings. The molecule has 0 unspecified atom stereocenters. The normalized spacial score (nSPS) is 11.1. The van der Waals surface area contributed by atoms with Crippen LogP contribution >= 0.6 is 0 Å². The second-order valence-electron chi connectivity index (χ2n) is 7.34. The molecule has 0 spiro atoms. The number of ether oxygens (including phenoxy) is 1. The highest BCUT2D eigenvalue weighted by Gasteiger charge is 2.35. The summed E-state index contributed by atoms with van der Waals surface area (Å²) < 4.78 is 5.46. The van der Waals surface area contributed by atoms with Crippen LogP contribution in [0.1, 0.15) is 22.3 Å². The minimum absolute atomic E-state index is 0.147. The second kappa shape index (κ2) is 9.46. The van der Waals surface area contributed by atoms with Crippen molar-refractivity contribution in [2.24, 2.45) is 0 Å². The fourth-order valence-electron chi connectivity index (χ4n) is 3.54. The van der Waals surface area contributed by atoms with Crippen molar-refractivity contribution >= 4 is 6.03 Å². The maximum Gasteiger partial charge on any atom is 0.316 e. The molecule has 0 aliphatic carbocycles. The summed E-state index contributed by atoms with van der Waals surface area (Å²) in [7, 11) is 5.02. The van der Waals surface area contributed by atoms with Gasteiger partial charge in [0, 0.05) is 20.6 Å². The number of aliphatic hydroxyl groups is 1. The number of carbonyl (C=O) groups excluding carboxylic acids is 1. The van der Waals surface area contributed by atoms with Crippen LogP contribution in [0.15, 0.2) is 78.9 Å². The third-order valence-corrected chi connectivity index (χ3v) is 5.17. The molecule has 3 rings (SSSR count). The van der Waals surface area contributed by atoms with Gasteiger partial charge in [0.25, 0.3) is 0 Å². The number of rotatable bonds is 7. The van der Waals surface area contributed by atoms with Gasteiger partial charge < -0.3 is 20.1 Å². The van der Waals surface area contributed by atoms with E-state index < -0.39 is 5.60 Å². The average molecular weight is 405 g/mol. The summed E-state index contributed by atoms with van der Waals surface area (Å²) in [6.45, 7) is 0.454. The van der Waals surface area contributed by atoms with Crippen molar-refractivity contribution in [3.05, 3.63) is 101 Å². The molecule has 0 aliphatic heterocycles. The van der Waals surface area contributed by atoms with Crippen LogP contribution < -0.4 is 10.1 Å². The minimum atomic E-state index is -1.36. The van der Waals surface area contributed by atoms with Gasteiger partial charge in [0.2, 0.25) is 0 Å². The monoisotopic (exact) mass is 404 g/mol. The lowest BCUT2D eigenvalue weighted by Crippen LogP contribution is -2.36. The highest BCUT2D eigenvalue weighted by molar-refractivity contribution is 5.73. The van der Waals surface area contributed by atoms with Crippen LogP contribution in [0.25, 0.3) is 0 Å². The van der Waals surface area contributed by atoms with Gasteiger partial charge in [-0.1, -0.05) is 66.7 Å². The van der Waals surface area contributed by atoms with Crippen LogP contribution in [0.5, 0.6) is 5.75 Å². The Morgan fingerprint density at radius 3 is 2.03 bits per heavy atom. The Hall–Kier alpha value is -3.31. The van der Waals surface area contributed by atoms with Gasteiger partial charge in [-0.3, -0.25) is 0 Å². The molecule has 0 saturated carbocycles. The Morgan fingerprint density at radius 2 is 1.53 bits per heavy atom. The van der Waals surface area contributed by atoms with Crippen LogP contribution in [0.3, 0.4) is 0 Å². The first-order chi connectivity index (χ1) is 14.5. The van der Waals surface area contributed by atoms with Gasteiger partial charge in [-0.05, 0) is 40.8 Å². The van der Waals surface area contributed by atoms with Gasteiger partial charge in [0.05, 0.1) is 7.11 Å². The van der Waals surface area contributed by atoms with E-state index in [1.54, 1.807) is 21.2 Å². The first kappa shape index (κ1) is 21.4. The van der Waals surface area contributed by atoms with E-state index in [1.165, 1.54) is 4.90 Å². The average Bonchev–Trinajstić information content (AvgIpc) is 2.79. The number of hydrogen-bond donors (Lipinski definition) is 2. The number of nitrogens with zero attached hydrogens (tertiary/aromatic N) is 1. The third-order valence-electron chi connectivity index (χ3n) is 5.17. The zero-order valence-corrected chi connectivity index (χ0v) is 17.6. The van der Waals surface area contributed by atoms with Crippen LogP contribution in [0.4, 0.5) is 4.79 Å². The zero-order chi connectivity index (χ0) is 21.6. The lowest BCUT2D eigenvalue weighted by atomic mass is 9.78. The number of methoxy groups -OCH3 is 1. The van der Waals surface area contributed by atoms with E-state index in [4.69, 9.17) is 4.74 Å². The summed E-state index contributed by atoms with van der Waals surface area (Å²) >= 11 is 0. The molecule has 2 amide bonds. The lowest BCUT2D eigenvalue weighted by molar-refractivity contribution is 0.124. The molecule has 5 heteroatoms. The number of urea groups is 1. The van der Waals surface area contributed by atoms with Gasteiger partial charge >= 0.3 is 6.03 Å². The second-order valence-corrected chi connectivity index (χ2v) is 7.34. The Kier molecular flexibility index (Phi) is 6.75. The van der Waals surface area contributed by atoms with Crippen molar-refractivity contribution in [2.45, 2.75) is 12.0 Å². The summed E-state index contributed by atoms with van der Waals surface area (Å²) in [4.78, 5) is 13.4. The summed E-state index contributed by atoms with van der Waals surface area (Å²) in [5, 5.41) is 15.1. The molecule has 0 fully saturated rings. The van der Waals surface area contributed by atoms with Gasteiger partial charge in [-0.25, -0.2) is 4.79 Å². The number of amides is 2. The molecule has 156 valence electrons.